The topological polar surface area (TPSA) is 36.1 Å². The number of aromatic nitrogens is 1. The number of hydrogen-bond acceptors (Lipinski definition) is 1. The fraction of sp³-hybridized carbons (Fsp3) is 0.211. The Hall–Kier alpha value is -2.55. The van der Waals surface area contributed by atoms with E-state index in [1.54, 1.807) is 0 Å². The number of para-hydroxylation sites is 1. The SMILES string of the molecule is Cc1cc2cc(CC(=O)N3CCc4ccccc43)ccc2[nH]1. The molecule has 0 aliphatic carbocycles. The average molecular weight is 290 g/mol. The van der Waals surface area contributed by atoms with Gasteiger partial charge in [-0.05, 0) is 54.1 Å². The summed E-state index contributed by atoms with van der Waals surface area (Å²) in [6.07, 6.45) is 1.41. The molecule has 0 saturated carbocycles. The average Bonchev–Trinajstić information content (AvgIpc) is 3.09. The van der Waals surface area contributed by atoms with Crippen LogP contribution in [-0.2, 0) is 17.6 Å². The molecule has 1 aliphatic heterocycles. The molecule has 0 bridgehead atoms. The van der Waals surface area contributed by atoms with Crippen LogP contribution in [-0.4, -0.2) is 17.4 Å². The van der Waals surface area contributed by atoms with Crippen LogP contribution in [0.15, 0.2) is 48.5 Å². The highest BCUT2D eigenvalue weighted by Crippen LogP contribution is 2.28. The van der Waals surface area contributed by atoms with Gasteiger partial charge in [0, 0.05) is 23.4 Å². The lowest BCUT2D eigenvalue weighted by Crippen LogP contribution is -2.30. The molecule has 110 valence electrons. The molecule has 0 unspecified atom stereocenters. The van der Waals surface area contributed by atoms with Crippen LogP contribution >= 0.6 is 0 Å². The lowest BCUT2D eigenvalue weighted by atomic mass is 10.1. The summed E-state index contributed by atoms with van der Waals surface area (Å²) in [4.78, 5) is 17.9. The van der Waals surface area contributed by atoms with Crippen LogP contribution in [0.3, 0.4) is 0 Å². The van der Waals surface area contributed by atoms with Gasteiger partial charge in [0.05, 0.1) is 6.42 Å². The minimum Gasteiger partial charge on any atom is -0.359 e. The maximum absolute atomic E-state index is 12.6. The van der Waals surface area contributed by atoms with Crippen molar-refractivity contribution in [2.45, 2.75) is 19.8 Å². The highest BCUT2D eigenvalue weighted by Gasteiger charge is 2.23. The molecule has 0 spiro atoms. The second-order valence-electron chi connectivity index (χ2n) is 5.97. The number of aryl methyl sites for hydroxylation is 1. The molecule has 2 heterocycles. The predicted octanol–water partition coefficient (Wildman–Crippen LogP) is 3.61. The lowest BCUT2D eigenvalue weighted by Gasteiger charge is -2.17. The van der Waals surface area contributed by atoms with Crippen LogP contribution < -0.4 is 4.90 Å². The summed E-state index contributed by atoms with van der Waals surface area (Å²) in [5.41, 5.74) is 5.69. The summed E-state index contributed by atoms with van der Waals surface area (Å²) in [5, 5.41) is 1.17. The number of carbonyl (C=O) groups is 1. The monoisotopic (exact) mass is 290 g/mol. The van der Waals surface area contributed by atoms with Gasteiger partial charge in [-0.25, -0.2) is 0 Å². The van der Waals surface area contributed by atoms with Gasteiger partial charge >= 0.3 is 0 Å². The zero-order chi connectivity index (χ0) is 15.1. The first-order chi connectivity index (χ1) is 10.7. The number of rotatable bonds is 2. The molecule has 0 fully saturated rings. The Morgan fingerprint density at radius 1 is 1.18 bits per heavy atom. The molecule has 3 nitrogen and oxygen atoms in total. The van der Waals surface area contributed by atoms with Crippen molar-refractivity contribution in [2.75, 3.05) is 11.4 Å². The second kappa shape index (κ2) is 5.02. The Bertz CT molecular complexity index is 863. The Morgan fingerprint density at radius 3 is 2.95 bits per heavy atom. The molecule has 0 radical (unpaired) electrons. The molecule has 3 aromatic rings. The number of fused-ring (bicyclic) bond motifs is 2. The second-order valence-corrected chi connectivity index (χ2v) is 5.97. The quantitative estimate of drug-likeness (QED) is 0.769. The number of aromatic amines is 1. The molecule has 3 heteroatoms. The maximum Gasteiger partial charge on any atom is 0.231 e. The number of nitrogens with one attached hydrogen (secondary N) is 1. The van der Waals surface area contributed by atoms with Gasteiger partial charge in [-0.15, -0.1) is 0 Å². The van der Waals surface area contributed by atoms with Crippen molar-refractivity contribution in [3.63, 3.8) is 0 Å². The van der Waals surface area contributed by atoms with Crippen LogP contribution in [0.25, 0.3) is 10.9 Å². The summed E-state index contributed by atoms with van der Waals surface area (Å²) in [5.74, 6) is 0.177. The number of carbonyl (C=O) groups excluding carboxylic acids is 1. The van der Waals surface area contributed by atoms with Crippen molar-refractivity contribution < 1.29 is 4.79 Å². The van der Waals surface area contributed by atoms with Crippen molar-refractivity contribution in [3.05, 3.63) is 65.4 Å². The molecular formula is C19H18N2O. The van der Waals surface area contributed by atoms with E-state index in [1.165, 1.54) is 10.9 Å². The third kappa shape index (κ3) is 2.19. The van der Waals surface area contributed by atoms with E-state index in [1.807, 2.05) is 36.1 Å². The minimum absolute atomic E-state index is 0.177. The largest absolute Gasteiger partial charge is 0.359 e. The van der Waals surface area contributed by atoms with Gasteiger partial charge in [-0.2, -0.15) is 0 Å². The van der Waals surface area contributed by atoms with Crippen LogP contribution in [0.4, 0.5) is 5.69 Å². The van der Waals surface area contributed by atoms with Gasteiger partial charge in [-0.1, -0.05) is 24.3 Å². The van der Waals surface area contributed by atoms with Gasteiger partial charge in [0.1, 0.15) is 0 Å². The zero-order valence-electron chi connectivity index (χ0n) is 12.6. The van der Waals surface area contributed by atoms with E-state index in [4.69, 9.17) is 0 Å². The summed E-state index contributed by atoms with van der Waals surface area (Å²) < 4.78 is 0. The minimum atomic E-state index is 0.177. The third-order valence-corrected chi connectivity index (χ3v) is 4.36. The Morgan fingerprint density at radius 2 is 2.05 bits per heavy atom. The van der Waals surface area contributed by atoms with E-state index in [9.17, 15) is 4.79 Å². The molecule has 1 aromatic heterocycles. The number of hydrogen-bond donors (Lipinski definition) is 1. The normalized spacial score (nSPS) is 13.6. The molecule has 4 rings (SSSR count). The molecule has 1 amide bonds. The number of H-pyrrole nitrogens is 1. The van der Waals surface area contributed by atoms with Gasteiger partial charge in [0.25, 0.3) is 0 Å². The van der Waals surface area contributed by atoms with E-state index in [-0.39, 0.29) is 5.91 Å². The van der Waals surface area contributed by atoms with Gasteiger partial charge in [0.15, 0.2) is 0 Å². The van der Waals surface area contributed by atoms with Crippen LogP contribution in [0.5, 0.6) is 0 Å². The molecule has 2 aromatic carbocycles. The van der Waals surface area contributed by atoms with E-state index in [2.05, 4.69) is 29.2 Å². The van der Waals surface area contributed by atoms with Crippen molar-refractivity contribution >= 4 is 22.5 Å². The lowest BCUT2D eigenvalue weighted by molar-refractivity contribution is -0.117. The number of amides is 1. The van der Waals surface area contributed by atoms with Crippen LogP contribution in [0.1, 0.15) is 16.8 Å². The van der Waals surface area contributed by atoms with Crippen molar-refractivity contribution in [3.8, 4) is 0 Å². The molecule has 0 saturated heterocycles. The Kier molecular flexibility index (Phi) is 3.00. The zero-order valence-corrected chi connectivity index (χ0v) is 12.6. The van der Waals surface area contributed by atoms with Crippen molar-refractivity contribution in [1.82, 2.24) is 4.98 Å². The summed E-state index contributed by atoms with van der Waals surface area (Å²) in [6.45, 7) is 2.84. The van der Waals surface area contributed by atoms with Gasteiger partial charge in [0.2, 0.25) is 5.91 Å². The summed E-state index contributed by atoms with van der Waals surface area (Å²) in [7, 11) is 0. The highest BCUT2D eigenvalue weighted by molar-refractivity contribution is 5.97. The predicted molar refractivity (Wildman–Crippen MR) is 89.2 cm³/mol. The summed E-state index contributed by atoms with van der Waals surface area (Å²) in [6, 6.07) is 16.5. The third-order valence-electron chi connectivity index (χ3n) is 4.36. The van der Waals surface area contributed by atoms with Crippen molar-refractivity contribution in [2.24, 2.45) is 0 Å². The van der Waals surface area contributed by atoms with Crippen LogP contribution in [0, 0.1) is 6.92 Å². The Labute approximate surface area is 129 Å². The van der Waals surface area contributed by atoms with Gasteiger partial charge < -0.3 is 9.88 Å². The van der Waals surface area contributed by atoms with Gasteiger partial charge in [-0.3, -0.25) is 4.79 Å². The first-order valence-corrected chi connectivity index (χ1v) is 7.67. The summed E-state index contributed by atoms with van der Waals surface area (Å²) >= 11 is 0. The van der Waals surface area contributed by atoms with E-state index < -0.39 is 0 Å². The molecule has 1 aliphatic rings. The fourth-order valence-electron chi connectivity index (χ4n) is 3.30. The molecule has 0 atom stereocenters. The van der Waals surface area contributed by atoms with E-state index >= 15 is 0 Å². The number of benzene rings is 2. The molecule has 22 heavy (non-hydrogen) atoms. The van der Waals surface area contributed by atoms with Crippen LogP contribution in [0.2, 0.25) is 0 Å². The maximum atomic E-state index is 12.6. The van der Waals surface area contributed by atoms with E-state index in [0.717, 1.165) is 35.4 Å². The number of anilines is 1. The van der Waals surface area contributed by atoms with Crippen molar-refractivity contribution in [1.29, 1.82) is 0 Å². The molecule has 1 N–H and O–H groups in total. The van der Waals surface area contributed by atoms with E-state index in [0.29, 0.717) is 6.42 Å². The number of nitrogens with zero attached hydrogens (tertiary/aromatic N) is 1. The highest BCUT2D eigenvalue weighted by atomic mass is 16.2. The first-order valence-electron chi connectivity index (χ1n) is 7.67. The smallest absolute Gasteiger partial charge is 0.231 e. The first kappa shape index (κ1) is 13.1. The standard InChI is InChI=1S/C19H18N2O/c1-13-10-16-11-14(6-7-17(16)20-13)12-19(22)21-9-8-15-4-2-3-5-18(15)21/h2-7,10-11,20H,8-9,12H2,1H3. The Balaban J connectivity index is 1.58. The molecular weight excluding hydrogens is 272 g/mol. The fourth-order valence-corrected chi connectivity index (χ4v) is 3.30.